The maximum atomic E-state index is 13.1. The number of fused-ring (bicyclic) bond motifs is 1. The Morgan fingerprint density at radius 3 is 2.94 bits per heavy atom. The molecule has 0 N–H and O–H groups in total. The van der Waals surface area contributed by atoms with Crippen LogP contribution < -0.4 is 0 Å². The highest BCUT2D eigenvalue weighted by molar-refractivity contribution is 6.16. The molecule has 0 aliphatic heterocycles. The molecular weight excluding hydrogens is 239 g/mol. The van der Waals surface area contributed by atoms with E-state index in [0.29, 0.717) is 11.4 Å². The molecule has 17 heavy (non-hydrogen) atoms. The molecule has 1 heterocycles. The van der Waals surface area contributed by atoms with Crippen molar-refractivity contribution in [3.63, 3.8) is 0 Å². The average Bonchev–Trinajstić information content (AvgIpc) is 3.08. The molecule has 1 aromatic carbocycles. The fourth-order valence-corrected chi connectivity index (χ4v) is 2.43. The van der Waals surface area contributed by atoms with E-state index in [4.69, 9.17) is 11.6 Å². The Kier molecular flexibility index (Phi) is 2.79. The third kappa shape index (κ3) is 2.16. The average molecular weight is 253 g/mol. The zero-order chi connectivity index (χ0) is 11.8. The van der Waals surface area contributed by atoms with Gasteiger partial charge in [0, 0.05) is 12.6 Å². The first-order valence-electron chi connectivity index (χ1n) is 5.98. The van der Waals surface area contributed by atoms with Crippen LogP contribution in [0.25, 0.3) is 11.0 Å². The third-order valence-electron chi connectivity index (χ3n) is 3.37. The van der Waals surface area contributed by atoms with Crippen molar-refractivity contribution in [3.8, 4) is 0 Å². The van der Waals surface area contributed by atoms with Crippen molar-refractivity contribution in [2.24, 2.45) is 5.92 Å². The summed E-state index contributed by atoms with van der Waals surface area (Å²) >= 11 is 5.90. The number of benzene rings is 1. The quantitative estimate of drug-likeness (QED) is 0.759. The number of hydrogen-bond acceptors (Lipinski definition) is 1. The molecule has 2 nitrogen and oxygen atoms in total. The predicted octanol–water partition coefficient (Wildman–Crippen LogP) is 3.71. The maximum Gasteiger partial charge on any atom is 0.125 e. The number of alkyl halides is 1. The molecular formula is C13H14ClFN2. The second-order valence-electron chi connectivity index (χ2n) is 4.68. The second kappa shape index (κ2) is 4.30. The smallest absolute Gasteiger partial charge is 0.125 e. The first kappa shape index (κ1) is 11.0. The zero-order valence-electron chi connectivity index (χ0n) is 9.50. The van der Waals surface area contributed by atoms with Gasteiger partial charge in [0.1, 0.15) is 11.6 Å². The maximum absolute atomic E-state index is 13.1. The summed E-state index contributed by atoms with van der Waals surface area (Å²) in [6.45, 7) is 0.939. The molecule has 0 spiro atoms. The van der Waals surface area contributed by atoms with Gasteiger partial charge in [-0.2, -0.15) is 0 Å². The van der Waals surface area contributed by atoms with Crippen LogP contribution in [0, 0.1) is 11.7 Å². The molecule has 2 aromatic rings. The number of aromatic nitrogens is 2. The van der Waals surface area contributed by atoms with Crippen molar-refractivity contribution in [2.45, 2.75) is 31.7 Å². The Labute approximate surface area is 104 Å². The summed E-state index contributed by atoms with van der Waals surface area (Å²) in [7, 11) is 0. The summed E-state index contributed by atoms with van der Waals surface area (Å²) in [6, 6.07) is 4.75. The lowest BCUT2D eigenvalue weighted by Crippen LogP contribution is -2.03. The van der Waals surface area contributed by atoms with E-state index in [9.17, 15) is 4.39 Å². The van der Waals surface area contributed by atoms with Gasteiger partial charge in [-0.3, -0.25) is 0 Å². The molecule has 90 valence electrons. The van der Waals surface area contributed by atoms with Crippen LogP contribution in [-0.2, 0) is 12.4 Å². The first-order chi connectivity index (χ1) is 8.28. The van der Waals surface area contributed by atoms with E-state index in [1.807, 2.05) is 0 Å². The summed E-state index contributed by atoms with van der Waals surface area (Å²) in [5, 5.41) is 0. The van der Waals surface area contributed by atoms with Crippen LogP contribution in [0.2, 0.25) is 0 Å². The number of hydrogen-bond donors (Lipinski definition) is 0. The minimum atomic E-state index is -0.245. The highest BCUT2D eigenvalue weighted by atomic mass is 35.5. The normalized spacial score (nSPS) is 15.6. The van der Waals surface area contributed by atoms with Crippen molar-refractivity contribution in [2.75, 3.05) is 0 Å². The third-order valence-corrected chi connectivity index (χ3v) is 3.61. The molecule has 0 radical (unpaired) electrons. The molecule has 0 atom stereocenters. The van der Waals surface area contributed by atoms with Gasteiger partial charge >= 0.3 is 0 Å². The molecule has 3 rings (SSSR count). The van der Waals surface area contributed by atoms with E-state index < -0.39 is 0 Å². The SMILES string of the molecule is Fc1ccc2c(c1)nc(CCl)n2CCC1CC1. The van der Waals surface area contributed by atoms with Gasteiger partial charge in [-0.25, -0.2) is 9.37 Å². The minimum absolute atomic E-state index is 0.245. The molecule has 1 fully saturated rings. The minimum Gasteiger partial charge on any atom is -0.327 e. The molecule has 1 saturated carbocycles. The monoisotopic (exact) mass is 252 g/mol. The number of imidazole rings is 1. The molecule has 1 aromatic heterocycles. The van der Waals surface area contributed by atoms with Crippen LogP contribution >= 0.6 is 11.6 Å². The summed E-state index contributed by atoms with van der Waals surface area (Å²) in [5.41, 5.74) is 1.69. The highest BCUT2D eigenvalue weighted by Crippen LogP contribution is 2.33. The van der Waals surface area contributed by atoms with E-state index in [2.05, 4.69) is 9.55 Å². The lowest BCUT2D eigenvalue weighted by atomic mass is 10.2. The molecule has 1 aliphatic rings. The van der Waals surface area contributed by atoms with Gasteiger partial charge in [0.15, 0.2) is 0 Å². The standard InChI is InChI=1S/C13H14ClFN2/c14-8-13-16-11-7-10(15)3-4-12(11)17(13)6-5-9-1-2-9/h3-4,7,9H,1-2,5-6,8H2. The second-order valence-corrected chi connectivity index (χ2v) is 4.95. The number of aryl methyl sites for hydroxylation is 1. The highest BCUT2D eigenvalue weighted by Gasteiger charge is 2.21. The Balaban J connectivity index is 1.99. The van der Waals surface area contributed by atoms with Crippen molar-refractivity contribution >= 4 is 22.6 Å². The predicted molar refractivity (Wildman–Crippen MR) is 66.6 cm³/mol. The lowest BCUT2D eigenvalue weighted by Gasteiger charge is -2.06. The Morgan fingerprint density at radius 2 is 2.24 bits per heavy atom. The van der Waals surface area contributed by atoms with E-state index in [1.54, 1.807) is 6.07 Å². The van der Waals surface area contributed by atoms with Gasteiger partial charge in [-0.1, -0.05) is 12.8 Å². The number of halogens is 2. The molecule has 0 amide bonds. The van der Waals surface area contributed by atoms with Crippen LogP contribution in [-0.4, -0.2) is 9.55 Å². The fraction of sp³-hybridized carbons (Fsp3) is 0.462. The summed E-state index contributed by atoms with van der Waals surface area (Å²) < 4.78 is 15.2. The van der Waals surface area contributed by atoms with Crippen LogP contribution in [0.15, 0.2) is 18.2 Å². The van der Waals surface area contributed by atoms with Crippen LogP contribution in [0.1, 0.15) is 25.1 Å². The van der Waals surface area contributed by atoms with Crippen LogP contribution in [0.4, 0.5) is 4.39 Å². The number of nitrogens with zero attached hydrogens (tertiary/aromatic N) is 2. The van der Waals surface area contributed by atoms with Gasteiger partial charge in [0.2, 0.25) is 0 Å². The van der Waals surface area contributed by atoms with Gasteiger partial charge in [0.25, 0.3) is 0 Å². The molecule has 1 aliphatic carbocycles. The molecule has 0 unspecified atom stereocenters. The molecule has 4 heteroatoms. The van der Waals surface area contributed by atoms with Gasteiger partial charge in [-0.15, -0.1) is 11.6 Å². The van der Waals surface area contributed by atoms with Gasteiger partial charge in [0.05, 0.1) is 16.9 Å². The van der Waals surface area contributed by atoms with Crippen LogP contribution in [0.3, 0.4) is 0 Å². The van der Waals surface area contributed by atoms with E-state index in [0.717, 1.165) is 23.8 Å². The van der Waals surface area contributed by atoms with Crippen molar-refractivity contribution in [3.05, 3.63) is 29.8 Å². The Bertz CT molecular complexity index is 546. The van der Waals surface area contributed by atoms with E-state index in [1.165, 1.54) is 31.4 Å². The topological polar surface area (TPSA) is 17.8 Å². The summed E-state index contributed by atoms with van der Waals surface area (Å²) in [5.74, 6) is 1.84. The number of rotatable bonds is 4. The Morgan fingerprint density at radius 1 is 1.41 bits per heavy atom. The van der Waals surface area contributed by atoms with Crippen molar-refractivity contribution < 1.29 is 4.39 Å². The Hall–Kier alpha value is -1.09. The van der Waals surface area contributed by atoms with Gasteiger partial charge in [-0.05, 0) is 24.5 Å². The lowest BCUT2D eigenvalue weighted by molar-refractivity contribution is 0.594. The van der Waals surface area contributed by atoms with Crippen molar-refractivity contribution in [1.82, 2.24) is 9.55 Å². The zero-order valence-corrected chi connectivity index (χ0v) is 10.3. The van der Waals surface area contributed by atoms with Crippen molar-refractivity contribution in [1.29, 1.82) is 0 Å². The fourth-order valence-electron chi connectivity index (χ4n) is 2.22. The largest absolute Gasteiger partial charge is 0.327 e. The summed E-state index contributed by atoms with van der Waals surface area (Å²) in [4.78, 5) is 4.38. The first-order valence-corrected chi connectivity index (χ1v) is 6.52. The van der Waals surface area contributed by atoms with Gasteiger partial charge < -0.3 is 4.57 Å². The summed E-state index contributed by atoms with van der Waals surface area (Å²) in [6.07, 6.45) is 3.86. The molecule has 0 bridgehead atoms. The molecule has 0 saturated heterocycles. The van der Waals surface area contributed by atoms with E-state index in [-0.39, 0.29) is 5.82 Å². The van der Waals surface area contributed by atoms with E-state index >= 15 is 0 Å². The van der Waals surface area contributed by atoms with Crippen LogP contribution in [0.5, 0.6) is 0 Å².